The summed E-state index contributed by atoms with van der Waals surface area (Å²) in [5.74, 6) is -0.800. The molecule has 4 aromatic rings. The Morgan fingerprint density at radius 2 is 2.16 bits per heavy atom. The Labute approximate surface area is 182 Å². The first-order chi connectivity index (χ1) is 15.6. The predicted octanol–water partition coefficient (Wildman–Crippen LogP) is 3.38. The maximum absolute atomic E-state index is 14.3. The molecule has 0 amide bonds. The molecule has 1 aromatic carbocycles. The van der Waals surface area contributed by atoms with Crippen LogP contribution in [-0.2, 0) is 0 Å². The quantitative estimate of drug-likeness (QED) is 0.478. The highest BCUT2D eigenvalue weighted by atomic mass is 19.1. The summed E-state index contributed by atoms with van der Waals surface area (Å²) in [6, 6.07) is 6.78. The molecule has 0 aliphatic carbocycles. The van der Waals surface area contributed by atoms with Crippen LogP contribution in [0.2, 0.25) is 0 Å². The van der Waals surface area contributed by atoms with Crippen molar-refractivity contribution in [3.05, 3.63) is 66.1 Å². The highest BCUT2D eigenvalue weighted by Gasteiger charge is 2.20. The Morgan fingerprint density at radius 3 is 2.97 bits per heavy atom. The molecule has 0 saturated carbocycles. The van der Waals surface area contributed by atoms with Crippen LogP contribution in [0.5, 0.6) is 6.01 Å². The van der Waals surface area contributed by atoms with Crippen LogP contribution in [0.1, 0.15) is 24.9 Å². The number of ether oxygens (including phenoxy) is 1. The van der Waals surface area contributed by atoms with Gasteiger partial charge < -0.3 is 15.4 Å². The van der Waals surface area contributed by atoms with E-state index in [0.29, 0.717) is 34.8 Å². The lowest BCUT2D eigenvalue weighted by Crippen LogP contribution is -2.21. The van der Waals surface area contributed by atoms with Crippen LogP contribution in [0, 0.1) is 11.6 Å². The molecule has 1 saturated heterocycles. The van der Waals surface area contributed by atoms with Crippen molar-refractivity contribution in [2.75, 3.05) is 18.4 Å². The van der Waals surface area contributed by atoms with Gasteiger partial charge in [0.05, 0.1) is 23.5 Å². The second kappa shape index (κ2) is 8.46. The third kappa shape index (κ3) is 4.09. The molecule has 2 atom stereocenters. The number of benzene rings is 1. The molecule has 2 N–H and O–H groups in total. The van der Waals surface area contributed by atoms with Gasteiger partial charge in [-0.1, -0.05) is 6.07 Å². The van der Waals surface area contributed by atoms with E-state index in [-0.39, 0.29) is 12.1 Å². The Balaban J connectivity index is 1.51. The monoisotopic (exact) mass is 437 g/mol. The average Bonchev–Trinajstić information content (AvgIpc) is 3.43. The molecule has 5 rings (SSSR count). The molecular formula is C22H21F2N7O. The van der Waals surface area contributed by atoms with Crippen molar-refractivity contribution in [2.45, 2.75) is 25.5 Å². The number of hydrogen-bond donors (Lipinski definition) is 2. The van der Waals surface area contributed by atoms with Crippen molar-refractivity contribution in [1.29, 1.82) is 0 Å². The number of nitrogens with one attached hydrogen (secondary N) is 2. The van der Waals surface area contributed by atoms with Crippen molar-refractivity contribution in [2.24, 2.45) is 0 Å². The third-order valence-corrected chi connectivity index (χ3v) is 5.34. The zero-order chi connectivity index (χ0) is 22.1. The Morgan fingerprint density at radius 1 is 1.25 bits per heavy atom. The van der Waals surface area contributed by atoms with Crippen LogP contribution in [0.4, 0.5) is 14.6 Å². The zero-order valence-electron chi connectivity index (χ0n) is 17.3. The van der Waals surface area contributed by atoms with Crippen molar-refractivity contribution in [3.63, 3.8) is 0 Å². The van der Waals surface area contributed by atoms with E-state index in [2.05, 4.69) is 30.7 Å². The summed E-state index contributed by atoms with van der Waals surface area (Å²) in [7, 11) is 0. The van der Waals surface area contributed by atoms with Crippen LogP contribution >= 0.6 is 0 Å². The fourth-order valence-electron chi connectivity index (χ4n) is 3.73. The van der Waals surface area contributed by atoms with Gasteiger partial charge in [-0.25, -0.2) is 18.3 Å². The van der Waals surface area contributed by atoms with Gasteiger partial charge in [-0.2, -0.15) is 15.1 Å². The van der Waals surface area contributed by atoms with Crippen molar-refractivity contribution in [3.8, 4) is 17.3 Å². The SMILES string of the molecule is C[C@H](Nc1cc(-c2cnn3cccnc23)nc(OC2CCNC2)n1)c1ccc(F)cc1F. The van der Waals surface area contributed by atoms with Crippen molar-refractivity contribution in [1.82, 2.24) is 29.9 Å². The van der Waals surface area contributed by atoms with Crippen LogP contribution in [0.15, 0.2) is 48.9 Å². The maximum atomic E-state index is 14.3. The molecule has 1 unspecified atom stereocenters. The summed E-state index contributed by atoms with van der Waals surface area (Å²) < 4.78 is 35.2. The predicted molar refractivity (Wildman–Crippen MR) is 114 cm³/mol. The van der Waals surface area contributed by atoms with E-state index in [9.17, 15) is 8.78 Å². The zero-order valence-corrected chi connectivity index (χ0v) is 17.3. The first-order valence-corrected chi connectivity index (χ1v) is 10.3. The van der Waals surface area contributed by atoms with E-state index in [4.69, 9.17) is 4.74 Å². The second-order valence-electron chi connectivity index (χ2n) is 7.63. The number of aromatic nitrogens is 5. The van der Waals surface area contributed by atoms with E-state index in [0.717, 1.165) is 19.0 Å². The van der Waals surface area contributed by atoms with Gasteiger partial charge >= 0.3 is 6.01 Å². The van der Waals surface area contributed by atoms with Gasteiger partial charge in [0.2, 0.25) is 0 Å². The van der Waals surface area contributed by atoms with E-state index in [1.54, 1.807) is 42.2 Å². The molecule has 4 heterocycles. The van der Waals surface area contributed by atoms with Gasteiger partial charge in [-0.3, -0.25) is 0 Å². The normalized spacial score (nSPS) is 16.9. The molecule has 1 aliphatic rings. The summed E-state index contributed by atoms with van der Waals surface area (Å²) in [5, 5.41) is 10.7. The summed E-state index contributed by atoms with van der Waals surface area (Å²) in [5.41, 5.74) is 2.25. The van der Waals surface area contributed by atoms with Gasteiger partial charge in [0.1, 0.15) is 23.6 Å². The molecule has 164 valence electrons. The lowest BCUT2D eigenvalue weighted by Gasteiger charge is -2.18. The number of rotatable bonds is 6. The number of fused-ring (bicyclic) bond motifs is 1. The third-order valence-electron chi connectivity index (χ3n) is 5.34. The first-order valence-electron chi connectivity index (χ1n) is 10.3. The lowest BCUT2D eigenvalue weighted by molar-refractivity contribution is 0.205. The topological polar surface area (TPSA) is 89.3 Å². The maximum Gasteiger partial charge on any atom is 0.319 e. The largest absolute Gasteiger partial charge is 0.459 e. The van der Waals surface area contributed by atoms with E-state index < -0.39 is 17.7 Å². The van der Waals surface area contributed by atoms with E-state index in [1.807, 2.05) is 0 Å². The van der Waals surface area contributed by atoms with Crippen molar-refractivity contribution < 1.29 is 13.5 Å². The number of halogens is 2. The van der Waals surface area contributed by atoms with Gasteiger partial charge in [0.25, 0.3) is 0 Å². The van der Waals surface area contributed by atoms with Crippen LogP contribution in [0.25, 0.3) is 16.9 Å². The average molecular weight is 437 g/mol. The van der Waals surface area contributed by atoms with E-state index in [1.165, 1.54) is 12.1 Å². The first kappa shape index (κ1) is 20.3. The highest BCUT2D eigenvalue weighted by Crippen LogP contribution is 2.28. The highest BCUT2D eigenvalue weighted by molar-refractivity contribution is 5.75. The second-order valence-corrected chi connectivity index (χ2v) is 7.63. The van der Waals surface area contributed by atoms with Gasteiger partial charge in [-0.15, -0.1) is 0 Å². The summed E-state index contributed by atoms with van der Waals surface area (Å²) in [4.78, 5) is 13.5. The van der Waals surface area contributed by atoms with Crippen LogP contribution < -0.4 is 15.4 Å². The summed E-state index contributed by atoms with van der Waals surface area (Å²) >= 11 is 0. The smallest absolute Gasteiger partial charge is 0.319 e. The number of anilines is 1. The molecule has 1 aliphatic heterocycles. The Bertz CT molecular complexity index is 1260. The lowest BCUT2D eigenvalue weighted by atomic mass is 10.1. The molecule has 3 aromatic heterocycles. The van der Waals surface area contributed by atoms with Gasteiger partial charge in [0, 0.05) is 36.6 Å². The minimum Gasteiger partial charge on any atom is -0.459 e. The van der Waals surface area contributed by atoms with E-state index >= 15 is 0 Å². The molecule has 0 spiro atoms. The van der Waals surface area contributed by atoms with Crippen LogP contribution in [0.3, 0.4) is 0 Å². The Kier molecular flexibility index (Phi) is 5.36. The fourth-order valence-corrected chi connectivity index (χ4v) is 3.73. The molecular weight excluding hydrogens is 416 g/mol. The van der Waals surface area contributed by atoms with Crippen molar-refractivity contribution >= 4 is 11.5 Å². The summed E-state index contributed by atoms with van der Waals surface area (Å²) in [6.45, 7) is 3.36. The standard InChI is InChI=1S/C22H21F2N7O/c1-13(16-4-3-14(23)9-18(16)24)28-20-10-19(17-12-27-31-8-2-6-26-21(17)31)29-22(30-20)32-15-5-7-25-11-15/h2-4,6,8-10,12-13,15,25H,5,7,11H2,1H3,(H,28,29,30)/t13-,15?/m0/s1. The van der Waals surface area contributed by atoms with Gasteiger partial charge in [-0.05, 0) is 32.0 Å². The minimum absolute atomic E-state index is 0.0351. The minimum atomic E-state index is -0.625. The molecule has 8 nitrogen and oxygen atoms in total. The molecule has 1 fully saturated rings. The summed E-state index contributed by atoms with van der Waals surface area (Å²) in [6.07, 6.45) is 5.98. The van der Waals surface area contributed by atoms with Crippen LogP contribution in [-0.4, -0.2) is 43.8 Å². The number of hydrogen-bond acceptors (Lipinski definition) is 7. The molecule has 10 heteroatoms. The van der Waals surface area contributed by atoms with Gasteiger partial charge in [0.15, 0.2) is 5.65 Å². The molecule has 0 radical (unpaired) electrons. The Hall–Kier alpha value is -3.66. The molecule has 32 heavy (non-hydrogen) atoms. The molecule has 0 bridgehead atoms. The fraction of sp³-hybridized carbons (Fsp3) is 0.273. The number of nitrogens with zero attached hydrogens (tertiary/aromatic N) is 5.